The average Bonchev–Trinajstić information content (AvgIpc) is 2.30. The molecule has 4 N–H and O–H groups in total. The number of nitrogen functional groups attached to an aromatic ring is 1. The molecule has 5 nitrogen and oxygen atoms in total. The summed E-state index contributed by atoms with van der Waals surface area (Å²) >= 11 is 0. The van der Waals surface area contributed by atoms with E-state index in [9.17, 15) is 9.90 Å². The van der Waals surface area contributed by atoms with E-state index >= 15 is 0 Å². The maximum Gasteiger partial charge on any atom is 0.337 e. The van der Waals surface area contributed by atoms with Gasteiger partial charge in [-0.25, -0.2) is 4.79 Å². The molecule has 5 heteroatoms. The van der Waals surface area contributed by atoms with Crippen LogP contribution in [0.2, 0.25) is 0 Å². The van der Waals surface area contributed by atoms with Crippen LogP contribution < -0.4 is 10.6 Å². The topological polar surface area (TPSA) is 86.8 Å². The smallest absolute Gasteiger partial charge is 0.337 e. The molecule has 0 bridgehead atoms. The highest BCUT2D eigenvalue weighted by atomic mass is 16.4. The summed E-state index contributed by atoms with van der Waals surface area (Å²) in [5.41, 5.74) is 6.26. The van der Waals surface area contributed by atoms with Gasteiger partial charge in [-0.1, -0.05) is 0 Å². The van der Waals surface area contributed by atoms with E-state index in [1.54, 1.807) is 12.1 Å². The van der Waals surface area contributed by atoms with Crippen LogP contribution >= 0.6 is 0 Å². The van der Waals surface area contributed by atoms with Gasteiger partial charge in [0.05, 0.1) is 11.2 Å². The predicted octanol–water partition coefficient (Wildman–Crippen LogP) is 1.32. The second-order valence-corrected chi connectivity index (χ2v) is 5.06. The normalized spacial score (nSPS) is 18.7. The lowest BCUT2D eigenvalue weighted by atomic mass is 9.93. The molecule has 1 aromatic carbocycles. The number of piperidine rings is 1. The van der Waals surface area contributed by atoms with Gasteiger partial charge in [-0.15, -0.1) is 0 Å². The summed E-state index contributed by atoms with van der Waals surface area (Å²) < 4.78 is 0. The van der Waals surface area contributed by atoms with Crippen molar-refractivity contribution in [1.29, 1.82) is 0 Å². The third kappa shape index (κ3) is 2.56. The molecule has 0 radical (unpaired) electrons. The van der Waals surface area contributed by atoms with Crippen LogP contribution in [0.15, 0.2) is 18.2 Å². The summed E-state index contributed by atoms with van der Waals surface area (Å²) in [5.74, 6) is -1.02. The first kappa shape index (κ1) is 12.7. The van der Waals surface area contributed by atoms with Gasteiger partial charge in [-0.05, 0) is 38.0 Å². The zero-order valence-corrected chi connectivity index (χ0v) is 10.4. The molecule has 0 aromatic heterocycles. The molecule has 1 aliphatic rings. The minimum atomic E-state index is -1.02. The fourth-order valence-electron chi connectivity index (χ4n) is 2.17. The fourth-order valence-corrected chi connectivity index (χ4v) is 2.17. The number of anilines is 2. The van der Waals surface area contributed by atoms with Crippen LogP contribution in [0, 0.1) is 0 Å². The van der Waals surface area contributed by atoms with Gasteiger partial charge in [0.2, 0.25) is 0 Å². The van der Waals surface area contributed by atoms with E-state index in [2.05, 4.69) is 4.90 Å². The Kier molecular flexibility index (Phi) is 3.17. The fraction of sp³-hybridized carbons (Fsp3) is 0.462. The number of carbonyl (C=O) groups is 1. The van der Waals surface area contributed by atoms with Gasteiger partial charge in [0.1, 0.15) is 0 Å². The zero-order valence-electron chi connectivity index (χ0n) is 10.4. The number of aliphatic hydroxyl groups is 1. The highest BCUT2D eigenvalue weighted by Gasteiger charge is 2.27. The Hall–Kier alpha value is -1.75. The predicted molar refractivity (Wildman–Crippen MR) is 69.9 cm³/mol. The first-order chi connectivity index (χ1) is 8.39. The van der Waals surface area contributed by atoms with Gasteiger partial charge in [0.25, 0.3) is 0 Å². The van der Waals surface area contributed by atoms with Crippen molar-refractivity contribution in [2.24, 2.45) is 0 Å². The summed E-state index contributed by atoms with van der Waals surface area (Å²) in [6.45, 7) is 3.27. The second kappa shape index (κ2) is 4.49. The van der Waals surface area contributed by atoms with Gasteiger partial charge >= 0.3 is 5.97 Å². The van der Waals surface area contributed by atoms with E-state index < -0.39 is 11.6 Å². The minimum absolute atomic E-state index is 0.129. The number of aromatic carboxylic acids is 1. The van der Waals surface area contributed by atoms with Gasteiger partial charge in [0.15, 0.2) is 0 Å². The third-order valence-electron chi connectivity index (χ3n) is 3.47. The van der Waals surface area contributed by atoms with Gasteiger partial charge in [-0.2, -0.15) is 0 Å². The SMILES string of the molecule is CC1(O)CCN(c2ccc(N)c(C(=O)O)c2)CC1. The van der Waals surface area contributed by atoms with Crippen molar-refractivity contribution in [3.8, 4) is 0 Å². The van der Waals surface area contributed by atoms with Gasteiger partial charge in [0, 0.05) is 24.5 Å². The molecule has 0 atom stereocenters. The van der Waals surface area contributed by atoms with Crippen LogP contribution in [0.5, 0.6) is 0 Å². The molecule has 0 amide bonds. The minimum Gasteiger partial charge on any atom is -0.478 e. The summed E-state index contributed by atoms with van der Waals surface area (Å²) in [6, 6.07) is 5.03. The number of hydrogen-bond donors (Lipinski definition) is 3. The monoisotopic (exact) mass is 250 g/mol. The first-order valence-corrected chi connectivity index (χ1v) is 5.99. The average molecular weight is 250 g/mol. The van der Waals surface area contributed by atoms with Crippen molar-refractivity contribution in [2.75, 3.05) is 23.7 Å². The maximum absolute atomic E-state index is 11.0. The second-order valence-electron chi connectivity index (χ2n) is 5.06. The van der Waals surface area contributed by atoms with Crippen LogP contribution in [0.1, 0.15) is 30.1 Å². The van der Waals surface area contributed by atoms with Crippen LogP contribution in [0.25, 0.3) is 0 Å². The Labute approximate surface area is 106 Å². The summed E-state index contributed by atoms with van der Waals surface area (Å²) in [4.78, 5) is 13.1. The number of nitrogens with two attached hydrogens (primary N) is 1. The number of rotatable bonds is 2. The van der Waals surface area contributed by atoms with Crippen LogP contribution in [0.3, 0.4) is 0 Å². The van der Waals surface area contributed by atoms with Crippen molar-refractivity contribution in [3.05, 3.63) is 23.8 Å². The first-order valence-electron chi connectivity index (χ1n) is 5.99. The number of nitrogens with zero attached hydrogens (tertiary/aromatic N) is 1. The lowest BCUT2D eigenvalue weighted by molar-refractivity contribution is 0.0351. The van der Waals surface area contributed by atoms with E-state index in [1.807, 2.05) is 13.0 Å². The van der Waals surface area contributed by atoms with E-state index in [1.165, 1.54) is 0 Å². The van der Waals surface area contributed by atoms with Crippen LogP contribution in [-0.2, 0) is 0 Å². The molecule has 0 saturated carbocycles. The van der Waals surface area contributed by atoms with Gasteiger partial charge < -0.3 is 20.8 Å². The van der Waals surface area contributed by atoms with Gasteiger partial charge in [-0.3, -0.25) is 0 Å². The Bertz CT molecular complexity index is 461. The molecule has 0 aliphatic carbocycles. The van der Waals surface area contributed by atoms with Crippen molar-refractivity contribution < 1.29 is 15.0 Å². The highest BCUT2D eigenvalue weighted by molar-refractivity contribution is 5.94. The van der Waals surface area contributed by atoms with Crippen molar-refractivity contribution >= 4 is 17.3 Å². The molecule has 1 heterocycles. The number of benzene rings is 1. The van der Waals surface area contributed by atoms with E-state index in [4.69, 9.17) is 10.8 Å². The Morgan fingerprint density at radius 1 is 1.39 bits per heavy atom. The van der Waals surface area contributed by atoms with Crippen molar-refractivity contribution in [1.82, 2.24) is 0 Å². The van der Waals surface area contributed by atoms with E-state index in [-0.39, 0.29) is 11.3 Å². The van der Waals surface area contributed by atoms with E-state index in [0.29, 0.717) is 12.8 Å². The van der Waals surface area contributed by atoms with Crippen LogP contribution in [0.4, 0.5) is 11.4 Å². The largest absolute Gasteiger partial charge is 0.478 e. The third-order valence-corrected chi connectivity index (χ3v) is 3.47. The molecule has 1 saturated heterocycles. The molecule has 1 aliphatic heterocycles. The Morgan fingerprint density at radius 2 is 2.00 bits per heavy atom. The molecule has 18 heavy (non-hydrogen) atoms. The zero-order chi connectivity index (χ0) is 13.3. The number of carboxylic acid groups (broad SMARTS) is 1. The van der Waals surface area contributed by atoms with Crippen molar-refractivity contribution in [2.45, 2.75) is 25.4 Å². The lowest BCUT2D eigenvalue weighted by Gasteiger charge is -2.37. The summed E-state index contributed by atoms with van der Waals surface area (Å²) in [7, 11) is 0. The molecule has 0 unspecified atom stereocenters. The molecule has 1 fully saturated rings. The highest BCUT2D eigenvalue weighted by Crippen LogP contribution is 2.27. The number of hydrogen-bond acceptors (Lipinski definition) is 4. The number of carboxylic acids is 1. The summed E-state index contributed by atoms with van der Waals surface area (Å²) in [6.07, 6.45) is 1.36. The quantitative estimate of drug-likeness (QED) is 0.689. The lowest BCUT2D eigenvalue weighted by Crippen LogP contribution is -2.42. The standard InChI is InChI=1S/C13H18N2O3/c1-13(18)4-6-15(7-5-13)9-2-3-11(14)10(8-9)12(16)17/h2-3,8,18H,4-7,14H2,1H3,(H,16,17). The summed E-state index contributed by atoms with van der Waals surface area (Å²) in [5, 5.41) is 18.9. The molecule has 1 aromatic rings. The molecule has 0 spiro atoms. The van der Waals surface area contributed by atoms with E-state index in [0.717, 1.165) is 18.8 Å². The maximum atomic E-state index is 11.0. The molecular weight excluding hydrogens is 232 g/mol. The molecular formula is C13H18N2O3. The molecule has 2 rings (SSSR count). The Balaban J connectivity index is 2.20. The molecule has 98 valence electrons. The van der Waals surface area contributed by atoms with Crippen molar-refractivity contribution in [3.63, 3.8) is 0 Å². The van der Waals surface area contributed by atoms with Crippen LogP contribution in [-0.4, -0.2) is 34.9 Å². The Morgan fingerprint density at radius 3 is 2.56 bits per heavy atom.